The fourth-order valence-corrected chi connectivity index (χ4v) is 4.40. The lowest BCUT2D eigenvalue weighted by atomic mass is 9.98. The SMILES string of the molecule is Cc1ccc(C(=O)O)cc1NC(=O)C(NC(=O)OCC1c2ccccc2-c2ccccc21)C(C)C. The van der Waals surface area contributed by atoms with E-state index < -0.39 is 24.0 Å². The summed E-state index contributed by atoms with van der Waals surface area (Å²) in [6, 6.07) is 19.8. The van der Waals surface area contributed by atoms with Gasteiger partial charge in [0.25, 0.3) is 0 Å². The van der Waals surface area contributed by atoms with Crippen molar-refractivity contribution in [1.29, 1.82) is 0 Å². The summed E-state index contributed by atoms with van der Waals surface area (Å²) in [6.45, 7) is 5.54. The Hall–Kier alpha value is -4.13. The number of nitrogens with one attached hydrogen (secondary N) is 2. The van der Waals surface area contributed by atoms with Crippen LogP contribution in [0.15, 0.2) is 66.7 Å². The Morgan fingerprint density at radius 3 is 2.11 bits per heavy atom. The van der Waals surface area contributed by atoms with Crippen LogP contribution >= 0.6 is 0 Å². The molecule has 0 saturated heterocycles. The van der Waals surface area contributed by atoms with E-state index in [-0.39, 0.29) is 24.0 Å². The number of benzene rings is 3. The summed E-state index contributed by atoms with van der Waals surface area (Å²) >= 11 is 0. The third-order valence-corrected chi connectivity index (χ3v) is 6.31. The summed E-state index contributed by atoms with van der Waals surface area (Å²) in [5.74, 6) is -1.84. The molecule has 0 fully saturated rings. The van der Waals surface area contributed by atoms with E-state index in [2.05, 4.69) is 22.8 Å². The molecule has 4 rings (SSSR count). The highest BCUT2D eigenvalue weighted by Gasteiger charge is 2.30. The van der Waals surface area contributed by atoms with E-state index in [0.29, 0.717) is 11.3 Å². The standard InChI is InChI=1S/C28H28N2O5/c1-16(2)25(26(31)29-24-14-18(27(32)33)13-12-17(24)3)30-28(34)35-15-23-21-10-6-4-8-19(21)20-9-5-7-11-22(20)23/h4-14,16,23,25H,15H2,1-3H3,(H,29,31)(H,30,34)(H,32,33). The first-order valence-electron chi connectivity index (χ1n) is 11.5. The molecule has 0 spiro atoms. The van der Waals surface area contributed by atoms with Crippen molar-refractivity contribution in [2.75, 3.05) is 11.9 Å². The molecular formula is C28H28N2O5. The fraction of sp³-hybridized carbons (Fsp3) is 0.250. The van der Waals surface area contributed by atoms with Gasteiger partial charge in [0.2, 0.25) is 5.91 Å². The molecule has 0 heterocycles. The van der Waals surface area contributed by atoms with Crippen LogP contribution in [0.5, 0.6) is 0 Å². The summed E-state index contributed by atoms with van der Waals surface area (Å²) in [5, 5.41) is 14.7. The molecule has 1 aliphatic rings. The van der Waals surface area contributed by atoms with E-state index in [4.69, 9.17) is 4.74 Å². The number of aromatic carboxylic acids is 1. The summed E-state index contributed by atoms with van der Waals surface area (Å²) in [4.78, 5) is 37.0. The summed E-state index contributed by atoms with van der Waals surface area (Å²) < 4.78 is 5.59. The van der Waals surface area contributed by atoms with Gasteiger partial charge in [0.05, 0.1) is 5.56 Å². The summed E-state index contributed by atoms with van der Waals surface area (Å²) in [6.07, 6.45) is -0.684. The van der Waals surface area contributed by atoms with Crippen LogP contribution in [-0.4, -0.2) is 35.7 Å². The van der Waals surface area contributed by atoms with Gasteiger partial charge < -0.3 is 20.5 Å². The second kappa shape index (κ2) is 10.0. The number of carbonyl (C=O) groups excluding carboxylic acids is 2. The number of fused-ring (bicyclic) bond motifs is 3. The summed E-state index contributed by atoms with van der Waals surface area (Å²) in [7, 11) is 0. The fourth-order valence-electron chi connectivity index (χ4n) is 4.40. The number of alkyl carbamates (subject to hydrolysis) is 1. The van der Waals surface area contributed by atoms with Gasteiger partial charge in [0, 0.05) is 11.6 Å². The van der Waals surface area contributed by atoms with Crippen LogP contribution in [0.1, 0.15) is 46.8 Å². The Morgan fingerprint density at radius 1 is 0.943 bits per heavy atom. The van der Waals surface area contributed by atoms with Gasteiger partial charge in [-0.1, -0.05) is 68.4 Å². The van der Waals surface area contributed by atoms with Crippen molar-refractivity contribution in [3.63, 3.8) is 0 Å². The maximum absolute atomic E-state index is 13.0. The number of carboxylic acids is 1. The highest BCUT2D eigenvalue weighted by molar-refractivity contribution is 5.98. The molecule has 2 amide bonds. The molecule has 3 aromatic carbocycles. The highest BCUT2D eigenvalue weighted by atomic mass is 16.5. The van der Waals surface area contributed by atoms with Crippen LogP contribution in [0.25, 0.3) is 11.1 Å². The highest BCUT2D eigenvalue weighted by Crippen LogP contribution is 2.44. The average Bonchev–Trinajstić information content (AvgIpc) is 3.16. The number of amides is 2. The number of hydrogen-bond acceptors (Lipinski definition) is 4. The number of carbonyl (C=O) groups is 3. The monoisotopic (exact) mass is 472 g/mol. The van der Waals surface area contributed by atoms with Gasteiger partial charge in [0.15, 0.2) is 0 Å². The minimum Gasteiger partial charge on any atom is -0.478 e. The molecule has 1 aliphatic carbocycles. The molecule has 1 unspecified atom stereocenters. The first kappa shape index (κ1) is 24.0. The van der Waals surface area contributed by atoms with E-state index in [1.807, 2.05) is 50.2 Å². The molecule has 7 heteroatoms. The molecule has 3 aromatic rings. The van der Waals surface area contributed by atoms with Gasteiger partial charge in [-0.05, 0) is 52.8 Å². The lowest BCUT2D eigenvalue weighted by molar-refractivity contribution is -0.119. The molecule has 7 nitrogen and oxygen atoms in total. The lowest BCUT2D eigenvalue weighted by Crippen LogP contribution is -2.47. The number of anilines is 1. The van der Waals surface area contributed by atoms with Crippen molar-refractivity contribution in [2.45, 2.75) is 32.7 Å². The van der Waals surface area contributed by atoms with E-state index in [9.17, 15) is 19.5 Å². The summed E-state index contributed by atoms with van der Waals surface area (Å²) in [5.41, 5.74) is 5.64. The Kier molecular flexibility index (Phi) is 6.87. The van der Waals surface area contributed by atoms with Crippen LogP contribution in [0.2, 0.25) is 0 Å². The number of ether oxygens (including phenoxy) is 1. The first-order chi connectivity index (χ1) is 16.8. The molecule has 0 aliphatic heterocycles. The second-order valence-corrected chi connectivity index (χ2v) is 9.02. The number of hydrogen-bond donors (Lipinski definition) is 3. The van der Waals surface area contributed by atoms with Gasteiger partial charge in [0.1, 0.15) is 12.6 Å². The van der Waals surface area contributed by atoms with E-state index in [1.165, 1.54) is 12.1 Å². The van der Waals surface area contributed by atoms with Gasteiger partial charge in [-0.3, -0.25) is 4.79 Å². The predicted octanol–water partition coefficient (Wildman–Crippen LogP) is 5.20. The third-order valence-electron chi connectivity index (χ3n) is 6.31. The van der Waals surface area contributed by atoms with Crippen LogP contribution < -0.4 is 10.6 Å². The Bertz CT molecular complexity index is 1240. The zero-order chi connectivity index (χ0) is 25.1. The van der Waals surface area contributed by atoms with Crippen LogP contribution in [0, 0.1) is 12.8 Å². The van der Waals surface area contributed by atoms with Crippen LogP contribution in [0.4, 0.5) is 10.5 Å². The minimum absolute atomic E-state index is 0.0662. The smallest absolute Gasteiger partial charge is 0.407 e. The van der Waals surface area contributed by atoms with Gasteiger partial charge >= 0.3 is 12.1 Å². The van der Waals surface area contributed by atoms with Crippen molar-refractivity contribution in [2.24, 2.45) is 5.92 Å². The third kappa shape index (κ3) is 5.04. The van der Waals surface area contributed by atoms with Crippen molar-refractivity contribution in [1.82, 2.24) is 5.32 Å². The Balaban J connectivity index is 1.43. The van der Waals surface area contributed by atoms with E-state index in [1.54, 1.807) is 13.0 Å². The quantitative estimate of drug-likeness (QED) is 0.439. The molecule has 180 valence electrons. The normalized spacial score (nSPS) is 13.0. The molecular weight excluding hydrogens is 444 g/mol. The average molecular weight is 473 g/mol. The van der Waals surface area contributed by atoms with Crippen molar-refractivity contribution in [3.05, 3.63) is 89.0 Å². The molecule has 0 aromatic heterocycles. The number of carboxylic acid groups (broad SMARTS) is 1. The zero-order valence-electron chi connectivity index (χ0n) is 19.9. The number of rotatable bonds is 7. The maximum atomic E-state index is 13.0. The van der Waals surface area contributed by atoms with Gasteiger partial charge in [-0.15, -0.1) is 0 Å². The molecule has 0 saturated carbocycles. The van der Waals surface area contributed by atoms with E-state index in [0.717, 1.165) is 22.3 Å². The van der Waals surface area contributed by atoms with E-state index >= 15 is 0 Å². The predicted molar refractivity (Wildman–Crippen MR) is 134 cm³/mol. The van der Waals surface area contributed by atoms with Crippen LogP contribution in [0.3, 0.4) is 0 Å². The minimum atomic E-state index is -1.09. The van der Waals surface area contributed by atoms with Gasteiger partial charge in [-0.25, -0.2) is 9.59 Å². The number of aryl methyl sites for hydroxylation is 1. The van der Waals surface area contributed by atoms with Gasteiger partial charge in [-0.2, -0.15) is 0 Å². The molecule has 0 bridgehead atoms. The first-order valence-corrected chi connectivity index (χ1v) is 11.5. The second-order valence-electron chi connectivity index (χ2n) is 9.02. The topological polar surface area (TPSA) is 105 Å². The Labute approximate surface area is 204 Å². The van der Waals surface area contributed by atoms with Crippen molar-refractivity contribution < 1.29 is 24.2 Å². The molecule has 1 atom stereocenters. The molecule has 0 radical (unpaired) electrons. The Morgan fingerprint density at radius 2 is 1.54 bits per heavy atom. The molecule has 35 heavy (non-hydrogen) atoms. The lowest BCUT2D eigenvalue weighted by Gasteiger charge is -2.23. The molecule has 3 N–H and O–H groups in total. The maximum Gasteiger partial charge on any atom is 0.407 e. The largest absolute Gasteiger partial charge is 0.478 e. The zero-order valence-corrected chi connectivity index (χ0v) is 19.9. The van der Waals surface area contributed by atoms with Crippen LogP contribution in [-0.2, 0) is 9.53 Å². The van der Waals surface area contributed by atoms with Crippen molar-refractivity contribution in [3.8, 4) is 11.1 Å². The van der Waals surface area contributed by atoms with Crippen molar-refractivity contribution >= 4 is 23.7 Å².